The lowest BCUT2D eigenvalue weighted by Gasteiger charge is -2.51. The van der Waals surface area contributed by atoms with E-state index < -0.39 is 0 Å². The molecule has 3 unspecified atom stereocenters. The maximum Gasteiger partial charge on any atom is 0.0337 e. The van der Waals surface area contributed by atoms with Gasteiger partial charge in [-0.3, -0.25) is 4.90 Å². The number of unbranched alkanes of at least 4 members (excludes halogenated alkanes) is 1. The van der Waals surface area contributed by atoms with E-state index in [2.05, 4.69) is 39.5 Å². The minimum Gasteiger partial charge on any atom is -0.329 e. The Hall–Kier alpha value is -0.0800. The molecule has 2 nitrogen and oxygen atoms in total. The first-order valence-electron chi connectivity index (χ1n) is 9.45. The smallest absolute Gasteiger partial charge is 0.0337 e. The van der Waals surface area contributed by atoms with Gasteiger partial charge in [0.15, 0.2) is 0 Å². The quantitative estimate of drug-likeness (QED) is 0.661. The molecule has 126 valence electrons. The maximum absolute atomic E-state index is 6.35. The van der Waals surface area contributed by atoms with Crippen LogP contribution in [0.4, 0.5) is 0 Å². The lowest BCUT2D eigenvalue weighted by Crippen LogP contribution is -2.59. The normalized spacial score (nSPS) is 28.3. The summed E-state index contributed by atoms with van der Waals surface area (Å²) in [7, 11) is 0. The minimum atomic E-state index is 0.280. The molecule has 0 saturated heterocycles. The average molecular weight is 297 g/mol. The van der Waals surface area contributed by atoms with Gasteiger partial charge in [0.05, 0.1) is 0 Å². The predicted octanol–water partition coefficient (Wildman–Crippen LogP) is 4.82. The lowest BCUT2D eigenvalue weighted by molar-refractivity contribution is 0.00134. The Bertz CT molecular complexity index is 277. The molecule has 3 atom stereocenters. The van der Waals surface area contributed by atoms with Gasteiger partial charge in [0.25, 0.3) is 0 Å². The zero-order valence-corrected chi connectivity index (χ0v) is 15.3. The van der Waals surface area contributed by atoms with Crippen LogP contribution < -0.4 is 5.73 Å². The molecule has 0 aromatic heterocycles. The Morgan fingerprint density at radius 3 is 2.48 bits per heavy atom. The molecular weight excluding hydrogens is 256 g/mol. The van der Waals surface area contributed by atoms with Crippen molar-refractivity contribution in [1.82, 2.24) is 4.90 Å². The van der Waals surface area contributed by atoms with E-state index >= 15 is 0 Å². The number of rotatable bonds is 9. The summed E-state index contributed by atoms with van der Waals surface area (Å²) in [6, 6.07) is 0.665. The summed E-state index contributed by atoms with van der Waals surface area (Å²) in [4.78, 5) is 2.79. The third-order valence-electron chi connectivity index (χ3n) is 5.59. The van der Waals surface area contributed by atoms with E-state index in [0.29, 0.717) is 6.04 Å². The van der Waals surface area contributed by atoms with Gasteiger partial charge in [0, 0.05) is 18.1 Å². The van der Waals surface area contributed by atoms with Crippen LogP contribution in [0.2, 0.25) is 0 Å². The van der Waals surface area contributed by atoms with E-state index in [1.165, 1.54) is 57.9 Å². The molecular formula is C19H40N2. The standard InChI is InChI=1S/C19H40N2/c1-6-8-12-21(17(5)7-2)19(15-20)11-9-10-18(14-19)13-16(3)4/h16-18H,6-15,20H2,1-5H3. The molecule has 0 spiro atoms. The van der Waals surface area contributed by atoms with Crippen molar-refractivity contribution >= 4 is 0 Å². The highest BCUT2D eigenvalue weighted by Crippen LogP contribution is 2.40. The zero-order chi connectivity index (χ0) is 15.9. The van der Waals surface area contributed by atoms with E-state index in [-0.39, 0.29) is 5.54 Å². The van der Waals surface area contributed by atoms with Gasteiger partial charge in [-0.15, -0.1) is 0 Å². The van der Waals surface area contributed by atoms with Gasteiger partial charge < -0.3 is 5.73 Å². The Morgan fingerprint density at radius 1 is 1.24 bits per heavy atom. The van der Waals surface area contributed by atoms with E-state index in [9.17, 15) is 0 Å². The summed E-state index contributed by atoms with van der Waals surface area (Å²) in [5.41, 5.74) is 6.63. The molecule has 0 aromatic carbocycles. The van der Waals surface area contributed by atoms with E-state index in [4.69, 9.17) is 5.73 Å². The van der Waals surface area contributed by atoms with Crippen LogP contribution in [0.25, 0.3) is 0 Å². The highest BCUT2D eigenvalue weighted by atomic mass is 15.2. The zero-order valence-electron chi connectivity index (χ0n) is 15.3. The van der Waals surface area contributed by atoms with Gasteiger partial charge in [-0.25, -0.2) is 0 Å². The fourth-order valence-corrected chi connectivity index (χ4v) is 4.37. The third kappa shape index (κ3) is 5.25. The molecule has 1 aliphatic rings. The van der Waals surface area contributed by atoms with Crippen LogP contribution in [0, 0.1) is 11.8 Å². The van der Waals surface area contributed by atoms with Gasteiger partial charge >= 0.3 is 0 Å². The summed E-state index contributed by atoms with van der Waals surface area (Å²) >= 11 is 0. The Balaban J connectivity index is 2.86. The average Bonchev–Trinajstić information content (AvgIpc) is 2.46. The van der Waals surface area contributed by atoms with Crippen molar-refractivity contribution in [2.45, 2.75) is 97.6 Å². The molecule has 2 heteroatoms. The largest absolute Gasteiger partial charge is 0.329 e. The van der Waals surface area contributed by atoms with Crippen LogP contribution >= 0.6 is 0 Å². The van der Waals surface area contributed by atoms with Crippen molar-refractivity contribution < 1.29 is 0 Å². The van der Waals surface area contributed by atoms with Crippen LogP contribution in [-0.4, -0.2) is 29.6 Å². The van der Waals surface area contributed by atoms with Crippen molar-refractivity contribution in [3.05, 3.63) is 0 Å². The fourth-order valence-electron chi connectivity index (χ4n) is 4.37. The van der Waals surface area contributed by atoms with Gasteiger partial charge in [-0.1, -0.05) is 47.0 Å². The molecule has 1 aliphatic carbocycles. The van der Waals surface area contributed by atoms with Gasteiger partial charge in [-0.05, 0) is 57.4 Å². The molecule has 21 heavy (non-hydrogen) atoms. The van der Waals surface area contributed by atoms with Gasteiger partial charge in [0.2, 0.25) is 0 Å². The van der Waals surface area contributed by atoms with Crippen molar-refractivity contribution in [2.75, 3.05) is 13.1 Å². The molecule has 2 N–H and O–H groups in total. The van der Waals surface area contributed by atoms with Crippen LogP contribution in [0.15, 0.2) is 0 Å². The second-order valence-corrected chi connectivity index (χ2v) is 7.82. The van der Waals surface area contributed by atoms with Crippen molar-refractivity contribution in [3.8, 4) is 0 Å². The molecule has 1 rings (SSSR count). The van der Waals surface area contributed by atoms with Crippen molar-refractivity contribution in [2.24, 2.45) is 17.6 Å². The van der Waals surface area contributed by atoms with Crippen LogP contribution in [0.3, 0.4) is 0 Å². The van der Waals surface area contributed by atoms with Gasteiger partial charge in [0.1, 0.15) is 0 Å². The van der Waals surface area contributed by atoms with E-state index in [1.54, 1.807) is 0 Å². The highest BCUT2D eigenvalue weighted by molar-refractivity contribution is 4.98. The van der Waals surface area contributed by atoms with Crippen molar-refractivity contribution in [1.29, 1.82) is 0 Å². The second-order valence-electron chi connectivity index (χ2n) is 7.82. The molecule has 0 aliphatic heterocycles. The molecule has 0 aromatic rings. The fraction of sp³-hybridized carbons (Fsp3) is 1.00. The molecule has 0 amide bonds. The highest BCUT2D eigenvalue weighted by Gasteiger charge is 2.41. The number of nitrogens with zero attached hydrogens (tertiary/aromatic N) is 1. The minimum absolute atomic E-state index is 0.280. The second kappa shape index (κ2) is 9.15. The Kier molecular flexibility index (Phi) is 8.26. The summed E-state index contributed by atoms with van der Waals surface area (Å²) < 4.78 is 0. The first kappa shape index (κ1) is 19.0. The van der Waals surface area contributed by atoms with Crippen LogP contribution in [-0.2, 0) is 0 Å². The summed E-state index contributed by atoms with van der Waals surface area (Å²) in [5.74, 6) is 1.70. The number of hydrogen-bond donors (Lipinski definition) is 1. The Morgan fingerprint density at radius 2 is 1.95 bits per heavy atom. The van der Waals surface area contributed by atoms with Crippen molar-refractivity contribution in [3.63, 3.8) is 0 Å². The monoisotopic (exact) mass is 296 g/mol. The summed E-state index contributed by atoms with van der Waals surface area (Å²) in [6.45, 7) is 13.8. The Labute approximate surface area is 133 Å². The number of hydrogen-bond acceptors (Lipinski definition) is 2. The van der Waals surface area contributed by atoms with E-state index in [1.807, 2.05) is 0 Å². The van der Waals surface area contributed by atoms with Crippen LogP contribution in [0.5, 0.6) is 0 Å². The third-order valence-corrected chi connectivity index (χ3v) is 5.59. The van der Waals surface area contributed by atoms with Gasteiger partial charge in [-0.2, -0.15) is 0 Å². The topological polar surface area (TPSA) is 29.3 Å². The predicted molar refractivity (Wildman–Crippen MR) is 94.6 cm³/mol. The van der Waals surface area contributed by atoms with E-state index in [0.717, 1.165) is 18.4 Å². The molecule has 0 heterocycles. The lowest BCUT2D eigenvalue weighted by atomic mass is 9.71. The SMILES string of the molecule is CCCCN(C(C)CC)C1(CN)CCCC(CC(C)C)C1. The first-order valence-corrected chi connectivity index (χ1v) is 9.45. The molecule has 1 fully saturated rings. The summed E-state index contributed by atoms with van der Waals surface area (Å²) in [5, 5.41) is 0. The number of nitrogens with two attached hydrogens (primary N) is 1. The first-order chi connectivity index (χ1) is 9.99. The maximum atomic E-state index is 6.35. The molecule has 0 bridgehead atoms. The van der Waals surface area contributed by atoms with Crippen LogP contribution in [0.1, 0.15) is 86.0 Å². The summed E-state index contributed by atoms with van der Waals surface area (Å²) in [6.07, 6.45) is 10.6. The molecule has 1 saturated carbocycles. The molecule has 0 radical (unpaired) electrons.